The van der Waals surface area contributed by atoms with Crippen LogP contribution in [0.3, 0.4) is 0 Å². The number of rotatable bonds is 5. The van der Waals surface area contributed by atoms with Crippen LogP contribution in [-0.2, 0) is 15.8 Å². The van der Waals surface area contributed by atoms with Gasteiger partial charge >= 0.3 is 0 Å². The number of sulfonamides is 1. The van der Waals surface area contributed by atoms with E-state index in [1.807, 2.05) is 31.2 Å². The molecular formula is C15H24N2O2S. The van der Waals surface area contributed by atoms with Crippen LogP contribution in [0.15, 0.2) is 24.3 Å². The molecule has 1 atom stereocenters. The summed E-state index contributed by atoms with van der Waals surface area (Å²) in [5.74, 6) is 0.546. The third kappa shape index (κ3) is 4.04. The van der Waals surface area contributed by atoms with E-state index >= 15 is 0 Å². The second-order valence-corrected chi connectivity index (χ2v) is 8.02. The average molecular weight is 296 g/mol. The first-order chi connectivity index (χ1) is 9.37. The lowest BCUT2D eigenvalue weighted by atomic mass is 10.1. The number of aryl methyl sites for hydroxylation is 1. The molecule has 0 amide bonds. The van der Waals surface area contributed by atoms with Gasteiger partial charge in [-0.2, -0.15) is 0 Å². The minimum atomic E-state index is -3.22. The molecule has 0 saturated carbocycles. The van der Waals surface area contributed by atoms with E-state index in [1.54, 1.807) is 7.05 Å². The van der Waals surface area contributed by atoms with Gasteiger partial charge in [0.05, 0.1) is 5.75 Å². The van der Waals surface area contributed by atoms with Crippen molar-refractivity contribution in [2.45, 2.75) is 19.1 Å². The zero-order valence-corrected chi connectivity index (χ0v) is 13.4. The molecule has 0 aromatic heterocycles. The molecular weight excluding hydrogens is 272 g/mol. The third-order valence-corrected chi connectivity index (χ3v) is 5.75. The summed E-state index contributed by atoms with van der Waals surface area (Å²) in [5, 5.41) is 0. The molecule has 112 valence electrons. The molecule has 1 saturated heterocycles. The van der Waals surface area contributed by atoms with Crippen LogP contribution in [0, 0.1) is 12.8 Å². The van der Waals surface area contributed by atoms with Crippen LogP contribution in [0.5, 0.6) is 0 Å². The lowest BCUT2D eigenvalue weighted by Crippen LogP contribution is -2.33. The van der Waals surface area contributed by atoms with Crippen LogP contribution >= 0.6 is 0 Å². The highest BCUT2D eigenvalue weighted by molar-refractivity contribution is 7.88. The highest BCUT2D eigenvalue weighted by Crippen LogP contribution is 2.18. The minimum absolute atomic E-state index is 0.0896. The normalized spacial score (nSPS) is 20.7. The van der Waals surface area contributed by atoms with Gasteiger partial charge in [0.1, 0.15) is 0 Å². The fourth-order valence-corrected chi connectivity index (χ4v) is 3.93. The molecule has 0 bridgehead atoms. The van der Waals surface area contributed by atoms with Crippen molar-refractivity contribution in [3.8, 4) is 0 Å². The van der Waals surface area contributed by atoms with Crippen molar-refractivity contribution in [3.05, 3.63) is 35.4 Å². The highest BCUT2D eigenvalue weighted by Gasteiger charge is 2.26. The topological polar surface area (TPSA) is 40.6 Å². The summed E-state index contributed by atoms with van der Waals surface area (Å²) in [4.78, 5) is 2.26. The Morgan fingerprint density at radius 1 is 1.30 bits per heavy atom. The fourth-order valence-electron chi connectivity index (χ4n) is 2.66. The molecule has 1 aromatic carbocycles. The monoisotopic (exact) mass is 296 g/mol. The first-order valence-corrected chi connectivity index (χ1v) is 8.66. The van der Waals surface area contributed by atoms with E-state index in [2.05, 4.69) is 11.9 Å². The number of likely N-dealkylation sites (tertiary alicyclic amines) is 1. The predicted molar refractivity (Wildman–Crippen MR) is 82.0 cm³/mol. The van der Waals surface area contributed by atoms with Gasteiger partial charge in [-0.3, -0.25) is 0 Å². The van der Waals surface area contributed by atoms with Crippen LogP contribution in [-0.4, -0.2) is 51.4 Å². The van der Waals surface area contributed by atoms with E-state index in [9.17, 15) is 8.42 Å². The molecule has 1 aliphatic heterocycles. The van der Waals surface area contributed by atoms with Gasteiger partial charge < -0.3 is 4.90 Å². The Balaban J connectivity index is 1.96. The van der Waals surface area contributed by atoms with E-state index in [0.29, 0.717) is 12.5 Å². The first-order valence-electron chi connectivity index (χ1n) is 7.05. The van der Waals surface area contributed by atoms with Crippen molar-refractivity contribution in [2.24, 2.45) is 5.92 Å². The lowest BCUT2D eigenvalue weighted by Gasteiger charge is -2.21. The second-order valence-electron chi connectivity index (χ2n) is 5.94. The van der Waals surface area contributed by atoms with Crippen molar-refractivity contribution < 1.29 is 8.42 Å². The van der Waals surface area contributed by atoms with Crippen molar-refractivity contribution in [1.29, 1.82) is 0 Å². The SMILES string of the molecule is Cc1ccc(CS(=O)(=O)N(C)CC2CCN(C)C2)cc1. The van der Waals surface area contributed by atoms with E-state index in [1.165, 1.54) is 4.31 Å². The Bertz CT molecular complexity index is 539. The van der Waals surface area contributed by atoms with Crippen molar-refractivity contribution in [1.82, 2.24) is 9.21 Å². The number of nitrogens with zero attached hydrogens (tertiary/aromatic N) is 2. The highest BCUT2D eigenvalue weighted by atomic mass is 32.2. The maximum atomic E-state index is 12.4. The minimum Gasteiger partial charge on any atom is -0.306 e. The molecule has 0 N–H and O–H groups in total. The summed E-state index contributed by atoms with van der Waals surface area (Å²) in [5.41, 5.74) is 2.00. The van der Waals surface area contributed by atoms with Crippen molar-refractivity contribution in [2.75, 3.05) is 33.7 Å². The maximum absolute atomic E-state index is 12.4. The summed E-state index contributed by atoms with van der Waals surface area (Å²) in [6.45, 7) is 4.68. The Kier molecular flexibility index (Phi) is 4.83. The number of benzene rings is 1. The molecule has 2 rings (SSSR count). The Morgan fingerprint density at radius 2 is 1.95 bits per heavy atom. The second kappa shape index (κ2) is 6.24. The molecule has 1 aliphatic rings. The van der Waals surface area contributed by atoms with Gasteiger partial charge in [0, 0.05) is 20.1 Å². The molecule has 4 nitrogen and oxygen atoms in total. The summed E-state index contributed by atoms with van der Waals surface area (Å²) in [6.07, 6.45) is 1.08. The van der Waals surface area contributed by atoms with Gasteiger partial charge in [-0.25, -0.2) is 12.7 Å². The van der Waals surface area contributed by atoms with Crippen molar-refractivity contribution >= 4 is 10.0 Å². The molecule has 5 heteroatoms. The van der Waals surface area contributed by atoms with Gasteiger partial charge in [0.25, 0.3) is 0 Å². The van der Waals surface area contributed by atoms with Crippen LogP contribution in [0.1, 0.15) is 17.5 Å². The number of hydrogen-bond acceptors (Lipinski definition) is 3. The van der Waals surface area contributed by atoms with Crippen molar-refractivity contribution in [3.63, 3.8) is 0 Å². The van der Waals surface area contributed by atoms with Gasteiger partial charge in [-0.15, -0.1) is 0 Å². The van der Waals surface area contributed by atoms with E-state index < -0.39 is 10.0 Å². The Morgan fingerprint density at radius 3 is 2.50 bits per heavy atom. The van der Waals surface area contributed by atoms with Gasteiger partial charge in [0.2, 0.25) is 10.0 Å². The largest absolute Gasteiger partial charge is 0.306 e. The lowest BCUT2D eigenvalue weighted by molar-refractivity contribution is 0.356. The van der Waals surface area contributed by atoms with Gasteiger partial charge in [-0.1, -0.05) is 29.8 Å². The van der Waals surface area contributed by atoms with Crippen LogP contribution in [0.2, 0.25) is 0 Å². The summed E-state index contributed by atoms with van der Waals surface area (Å²) in [6, 6.07) is 7.70. The molecule has 1 fully saturated rings. The molecule has 0 aliphatic carbocycles. The summed E-state index contributed by atoms with van der Waals surface area (Å²) in [7, 11) is 0.564. The standard InChI is InChI=1S/C15H24N2O2S/c1-13-4-6-14(7-5-13)12-20(18,19)17(3)11-15-8-9-16(2)10-15/h4-7,15H,8-12H2,1-3H3. The molecule has 0 radical (unpaired) electrons. The van der Waals surface area contributed by atoms with Gasteiger partial charge in [-0.05, 0) is 38.4 Å². The first kappa shape index (κ1) is 15.5. The van der Waals surface area contributed by atoms with Gasteiger partial charge in [0.15, 0.2) is 0 Å². The van der Waals surface area contributed by atoms with Crippen LogP contribution in [0.4, 0.5) is 0 Å². The molecule has 1 heterocycles. The molecule has 1 unspecified atom stereocenters. The third-order valence-electron chi connectivity index (χ3n) is 3.95. The molecule has 1 aromatic rings. The van der Waals surface area contributed by atoms with E-state index in [4.69, 9.17) is 0 Å². The maximum Gasteiger partial charge on any atom is 0.218 e. The van der Waals surface area contributed by atoms with E-state index in [-0.39, 0.29) is 5.75 Å². The van der Waals surface area contributed by atoms with Crippen LogP contribution < -0.4 is 0 Å². The Labute approximate surface area is 122 Å². The fraction of sp³-hybridized carbons (Fsp3) is 0.600. The quantitative estimate of drug-likeness (QED) is 0.830. The average Bonchev–Trinajstić information content (AvgIpc) is 2.77. The summed E-state index contributed by atoms with van der Waals surface area (Å²) < 4.78 is 26.3. The summed E-state index contributed by atoms with van der Waals surface area (Å²) >= 11 is 0. The number of hydrogen-bond donors (Lipinski definition) is 0. The molecule has 20 heavy (non-hydrogen) atoms. The Hall–Kier alpha value is -0.910. The zero-order valence-electron chi connectivity index (χ0n) is 12.5. The predicted octanol–water partition coefficient (Wildman–Crippen LogP) is 1.71. The van der Waals surface area contributed by atoms with E-state index in [0.717, 1.165) is 30.6 Å². The van der Waals surface area contributed by atoms with Crippen LogP contribution in [0.25, 0.3) is 0 Å². The molecule has 0 spiro atoms. The zero-order chi connectivity index (χ0) is 14.8. The smallest absolute Gasteiger partial charge is 0.218 e.